The summed E-state index contributed by atoms with van der Waals surface area (Å²) in [5.41, 5.74) is 4.67. The maximum Gasteiger partial charge on any atom is 0.278 e. The minimum absolute atomic E-state index is 0.0110. The van der Waals surface area contributed by atoms with Crippen LogP contribution in [0.15, 0.2) is 52.8 Å². The van der Waals surface area contributed by atoms with E-state index in [2.05, 4.69) is 14.8 Å². The fourth-order valence-electron chi connectivity index (χ4n) is 4.02. The molecule has 4 rings (SSSR count). The third kappa shape index (κ3) is 5.70. The summed E-state index contributed by atoms with van der Waals surface area (Å²) in [5.74, 6) is -0.427. The number of aromatic nitrogens is 2. The summed E-state index contributed by atoms with van der Waals surface area (Å²) >= 11 is 1.34. The molecule has 3 N–H and O–H groups in total. The molecule has 0 bridgehead atoms. The highest BCUT2D eigenvalue weighted by atomic mass is 32.2. The van der Waals surface area contributed by atoms with Crippen LogP contribution in [0.4, 0.5) is 21.5 Å². The Hall–Kier alpha value is -3.63. The molecular weight excluding hydrogens is 491 g/mol. The van der Waals surface area contributed by atoms with Gasteiger partial charge >= 0.3 is 0 Å². The molecule has 1 aromatic heterocycles. The summed E-state index contributed by atoms with van der Waals surface area (Å²) in [6, 6.07) is 12.5. The molecule has 0 atom stereocenters. The Bertz CT molecular complexity index is 1400. The second-order valence-corrected chi connectivity index (χ2v) is 10.1. The van der Waals surface area contributed by atoms with Gasteiger partial charge in [-0.25, -0.2) is 13.8 Å². The van der Waals surface area contributed by atoms with Crippen LogP contribution < -0.4 is 25.2 Å². The summed E-state index contributed by atoms with van der Waals surface area (Å²) in [5, 5.41) is 7.89. The van der Waals surface area contributed by atoms with Gasteiger partial charge in [-0.3, -0.25) is 9.59 Å². The van der Waals surface area contributed by atoms with Crippen molar-refractivity contribution in [2.75, 3.05) is 29.0 Å². The van der Waals surface area contributed by atoms with Gasteiger partial charge in [0.15, 0.2) is 0 Å². The second kappa shape index (κ2) is 11.2. The number of nitrogens with one attached hydrogen (secondary N) is 3. The second-order valence-electron chi connectivity index (χ2n) is 9.24. The summed E-state index contributed by atoms with van der Waals surface area (Å²) in [7, 11) is 3.41. The van der Waals surface area contributed by atoms with Crippen molar-refractivity contribution < 1.29 is 9.18 Å². The number of halogens is 1. The Morgan fingerprint density at radius 3 is 2.46 bits per heavy atom. The molecule has 0 saturated heterocycles. The molecule has 8 nitrogen and oxygen atoms in total. The highest BCUT2D eigenvalue weighted by Crippen LogP contribution is 2.39. The van der Waals surface area contributed by atoms with Gasteiger partial charge in [-0.15, -0.1) is 0 Å². The van der Waals surface area contributed by atoms with Crippen molar-refractivity contribution in [3.63, 3.8) is 0 Å². The number of rotatable bonds is 10. The average Bonchev–Trinajstić information content (AvgIpc) is 3.72. The monoisotopic (exact) mass is 522 g/mol. The van der Waals surface area contributed by atoms with Crippen molar-refractivity contribution in [3.05, 3.63) is 75.3 Å². The van der Waals surface area contributed by atoms with Crippen LogP contribution in [-0.2, 0) is 4.79 Å². The van der Waals surface area contributed by atoms with E-state index in [4.69, 9.17) is 5.10 Å². The molecule has 1 aliphatic rings. The first-order chi connectivity index (χ1) is 17.7. The predicted octanol–water partition coefficient (Wildman–Crippen LogP) is 5.34. The summed E-state index contributed by atoms with van der Waals surface area (Å²) in [4.78, 5) is 27.3. The summed E-state index contributed by atoms with van der Waals surface area (Å²) in [6.45, 7) is 5.51. The lowest BCUT2D eigenvalue weighted by atomic mass is 10.0. The quantitative estimate of drug-likeness (QED) is 0.244. The molecule has 1 aliphatic carbocycles. The Kier molecular flexibility index (Phi) is 7.99. The fourth-order valence-corrected chi connectivity index (χ4v) is 4.37. The van der Waals surface area contributed by atoms with Crippen LogP contribution in [0, 0.1) is 12.7 Å². The number of nitrogens with zero attached hydrogens (tertiary/aromatic N) is 3. The van der Waals surface area contributed by atoms with Gasteiger partial charge in [-0.2, -0.15) is 5.10 Å². The number of hydrogen-bond donors (Lipinski definition) is 3. The molecule has 10 heteroatoms. The number of hydrogen-bond acceptors (Lipinski definition) is 7. The fraction of sp³-hybridized carbons (Fsp3) is 0.296. The molecule has 2 aromatic carbocycles. The van der Waals surface area contributed by atoms with E-state index in [9.17, 15) is 14.0 Å². The Balaban J connectivity index is 1.95. The number of benzene rings is 2. The molecule has 1 heterocycles. The van der Waals surface area contributed by atoms with Gasteiger partial charge in [0.2, 0.25) is 6.41 Å². The lowest BCUT2D eigenvalue weighted by molar-refractivity contribution is -0.107. The van der Waals surface area contributed by atoms with E-state index in [0.29, 0.717) is 23.5 Å². The highest BCUT2D eigenvalue weighted by molar-refractivity contribution is 7.98. The van der Waals surface area contributed by atoms with E-state index < -0.39 is 5.82 Å². The molecule has 0 radical (unpaired) electrons. The highest BCUT2D eigenvalue weighted by Gasteiger charge is 2.32. The molecule has 1 amide bonds. The van der Waals surface area contributed by atoms with Gasteiger partial charge in [0.05, 0.1) is 28.7 Å². The minimum atomic E-state index is -0.427. The molecule has 0 unspecified atom stereocenters. The lowest BCUT2D eigenvalue weighted by Crippen LogP contribution is -2.32. The number of anilines is 3. The van der Waals surface area contributed by atoms with Crippen molar-refractivity contribution >= 4 is 41.3 Å². The summed E-state index contributed by atoms with van der Waals surface area (Å²) in [6.07, 6.45) is 2.35. The van der Waals surface area contributed by atoms with Crippen molar-refractivity contribution in [2.45, 2.75) is 39.7 Å². The first-order valence-electron chi connectivity index (χ1n) is 12.0. The van der Waals surface area contributed by atoms with Gasteiger partial charge < -0.3 is 14.9 Å². The van der Waals surface area contributed by atoms with Crippen molar-refractivity contribution in [3.8, 4) is 11.3 Å². The van der Waals surface area contributed by atoms with Crippen molar-refractivity contribution in [1.82, 2.24) is 14.5 Å². The third-order valence-corrected chi connectivity index (χ3v) is 6.60. The van der Waals surface area contributed by atoms with E-state index in [1.807, 2.05) is 52.1 Å². The maximum absolute atomic E-state index is 14.8. The Labute approximate surface area is 220 Å². The van der Waals surface area contributed by atoms with Gasteiger partial charge in [-0.1, -0.05) is 23.8 Å². The van der Waals surface area contributed by atoms with Crippen LogP contribution in [0.25, 0.3) is 17.0 Å². The van der Waals surface area contributed by atoms with Crippen LogP contribution in [0.1, 0.15) is 43.9 Å². The molecule has 0 spiro atoms. The molecule has 1 saturated carbocycles. The number of carbonyl (C=O) groups is 1. The normalized spacial score (nSPS) is 12.7. The van der Waals surface area contributed by atoms with E-state index in [-0.39, 0.29) is 22.9 Å². The SMILES string of the molecule is CNSNc1ccc(-c2nn(C3CC3)c(=O)c(C(Nc3ccc(C)cc3F)=C(C)C)c2N(C)C=O)cc1. The number of amides is 1. The zero-order chi connectivity index (χ0) is 26.7. The van der Waals surface area contributed by atoms with Crippen LogP contribution >= 0.6 is 12.1 Å². The van der Waals surface area contributed by atoms with Crippen LogP contribution in [-0.4, -0.2) is 30.3 Å². The molecule has 0 aliphatic heterocycles. The van der Waals surface area contributed by atoms with E-state index >= 15 is 0 Å². The number of aryl methyl sites for hydroxylation is 1. The molecule has 3 aromatic rings. The third-order valence-electron chi connectivity index (χ3n) is 6.06. The van der Waals surface area contributed by atoms with Gasteiger partial charge in [0.1, 0.15) is 11.5 Å². The average molecular weight is 523 g/mol. The molecular formula is C27H31FN6O2S. The van der Waals surface area contributed by atoms with Crippen LogP contribution in [0.2, 0.25) is 0 Å². The topological polar surface area (TPSA) is 91.3 Å². The smallest absolute Gasteiger partial charge is 0.278 e. The predicted molar refractivity (Wildman–Crippen MR) is 150 cm³/mol. The van der Waals surface area contributed by atoms with E-state index in [1.165, 1.54) is 27.8 Å². The molecule has 194 valence electrons. The zero-order valence-electron chi connectivity index (χ0n) is 21.6. The number of allylic oxidation sites excluding steroid dienone is 1. The molecule has 37 heavy (non-hydrogen) atoms. The van der Waals surface area contributed by atoms with Crippen molar-refractivity contribution in [1.29, 1.82) is 0 Å². The summed E-state index contributed by atoms with van der Waals surface area (Å²) < 4.78 is 22.5. The minimum Gasteiger partial charge on any atom is -0.352 e. The van der Waals surface area contributed by atoms with Crippen LogP contribution in [0.5, 0.6) is 0 Å². The van der Waals surface area contributed by atoms with Gasteiger partial charge in [-0.05, 0) is 70.5 Å². The van der Waals surface area contributed by atoms with E-state index in [0.717, 1.165) is 35.2 Å². The first kappa shape index (κ1) is 26.4. The maximum atomic E-state index is 14.8. The zero-order valence-corrected chi connectivity index (χ0v) is 22.4. The Morgan fingerprint density at radius 1 is 1.19 bits per heavy atom. The van der Waals surface area contributed by atoms with Crippen LogP contribution in [0.3, 0.4) is 0 Å². The largest absolute Gasteiger partial charge is 0.352 e. The van der Waals surface area contributed by atoms with E-state index in [1.54, 1.807) is 19.2 Å². The van der Waals surface area contributed by atoms with Gasteiger partial charge in [0.25, 0.3) is 5.56 Å². The Morgan fingerprint density at radius 2 is 1.89 bits per heavy atom. The standard InChI is InChI=1S/C27H31FN6O2S/c1-16(2)24(30-22-13-6-17(3)14-21(22)28)23-26(33(5)15-35)25(31-34(27(23)36)20-11-12-20)18-7-9-19(10-8-18)32-37-29-4/h6-10,13-15,20,29-30,32H,11-12H2,1-5H3. The molecule has 1 fully saturated rings. The number of carbonyl (C=O) groups excluding carboxylic acids is 1. The van der Waals surface area contributed by atoms with Gasteiger partial charge in [0, 0.05) is 30.4 Å². The first-order valence-corrected chi connectivity index (χ1v) is 12.8. The van der Waals surface area contributed by atoms with Crippen molar-refractivity contribution in [2.24, 2.45) is 0 Å². The lowest BCUT2D eigenvalue weighted by Gasteiger charge is -2.24.